The fraction of sp³-hybridized carbons (Fsp3) is 0.381. The van der Waals surface area contributed by atoms with Crippen LogP contribution in [0.1, 0.15) is 31.7 Å². The highest BCUT2D eigenvalue weighted by Crippen LogP contribution is 2.15. The van der Waals surface area contributed by atoms with Crippen LogP contribution in [0, 0.1) is 11.6 Å². The lowest BCUT2D eigenvalue weighted by atomic mass is 10.2. The Morgan fingerprint density at radius 3 is 2.83 bits per heavy atom. The predicted molar refractivity (Wildman–Crippen MR) is 108 cm³/mol. The second kappa shape index (κ2) is 9.95. The van der Waals surface area contributed by atoms with E-state index in [-0.39, 0.29) is 11.6 Å². The van der Waals surface area contributed by atoms with Crippen LogP contribution in [-0.2, 0) is 11.2 Å². The molecule has 29 heavy (non-hydrogen) atoms. The highest BCUT2D eigenvalue weighted by molar-refractivity contribution is 5.78. The number of pyridine rings is 1. The van der Waals surface area contributed by atoms with Crippen LogP contribution in [0.15, 0.2) is 42.9 Å². The van der Waals surface area contributed by atoms with Gasteiger partial charge in [-0.15, -0.1) is 0 Å². The van der Waals surface area contributed by atoms with Gasteiger partial charge in [-0.3, -0.25) is 4.79 Å². The summed E-state index contributed by atoms with van der Waals surface area (Å²) >= 11 is 0. The molecule has 0 unspecified atom stereocenters. The fourth-order valence-electron chi connectivity index (χ4n) is 3.27. The lowest BCUT2D eigenvalue weighted by molar-refractivity contribution is -0.127. The van der Waals surface area contributed by atoms with Gasteiger partial charge in [0.2, 0.25) is 5.91 Å². The third-order valence-corrected chi connectivity index (χ3v) is 4.70. The van der Waals surface area contributed by atoms with Crippen LogP contribution in [0.2, 0.25) is 0 Å². The largest absolute Gasteiger partial charge is 0.381 e. The third kappa shape index (κ3) is 5.49. The smallest absolute Gasteiger partial charge is 0.222 e. The van der Waals surface area contributed by atoms with Gasteiger partial charge in [0.15, 0.2) is 5.65 Å². The topological polar surface area (TPSA) is 62.5 Å². The van der Waals surface area contributed by atoms with E-state index in [1.165, 1.54) is 17.7 Å². The van der Waals surface area contributed by atoms with Gasteiger partial charge in [-0.25, -0.2) is 18.3 Å². The lowest BCUT2D eigenvalue weighted by Crippen LogP contribution is -2.30. The quantitative estimate of drug-likeness (QED) is 0.684. The first-order valence-corrected chi connectivity index (χ1v) is 9.82. The van der Waals surface area contributed by atoms with Gasteiger partial charge in [0.1, 0.15) is 18.0 Å². The van der Waals surface area contributed by atoms with Crippen LogP contribution in [-0.4, -0.2) is 45.0 Å². The molecule has 6 nitrogen and oxygen atoms in total. The molecule has 0 saturated carbocycles. The summed E-state index contributed by atoms with van der Waals surface area (Å²) < 4.78 is 27.7. The first-order valence-electron chi connectivity index (χ1n) is 9.82. The van der Waals surface area contributed by atoms with Gasteiger partial charge in [-0.2, -0.15) is 5.10 Å². The highest BCUT2D eigenvalue weighted by atomic mass is 19.1. The minimum atomic E-state index is -0.613. The highest BCUT2D eigenvalue weighted by Gasteiger charge is 2.19. The second-order valence-electron chi connectivity index (χ2n) is 6.85. The maximum absolute atomic E-state index is 13.2. The van der Waals surface area contributed by atoms with Crippen molar-refractivity contribution in [3.8, 4) is 0 Å². The van der Waals surface area contributed by atoms with Crippen LogP contribution >= 0.6 is 0 Å². The SMILES string of the molecule is CCCc1cccn2ncnc12.O=C1CCCN1CCNc1ccc(F)cc1F. The Kier molecular flexibility index (Phi) is 7.10. The fourth-order valence-corrected chi connectivity index (χ4v) is 3.27. The lowest BCUT2D eigenvalue weighted by Gasteiger charge is -2.16. The van der Waals surface area contributed by atoms with Crippen molar-refractivity contribution in [2.75, 3.05) is 25.0 Å². The molecule has 1 fully saturated rings. The minimum absolute atomic E-state index is 0.145. The van der Waals surface area contributed by atoms with Crippen LogP contribution < -0.4 is 5.32 Å². The first-order chi connectivity index (χ1) is 14.1. The number of fused-ring (bicyclic) bond motifs is 1. The van der Waals surface area contributed by atoms with Crippen LogP contribution in [0.5, 0.6) is 0 Å². The number of aryl methyl sites for hydroxylation is 1. The summed E-state index contributed by atoms with van der Waals surface area (Å²) in [7, 11) is 0. The number of likely N-dealkylation sites (tertiary alicyclic amines) is 1. The minimum Gasteiger partial charge on any atom is -0.381 e. The van der Waals surface area contributed by atoms with Crippen molar-refractivity contribution >= 4 is 17.2 Å². The van der Waals surface area contributed by atoms with E-state index in [0.29, 0.717) is 19.5 Å². The Bertz CT molecular complexity index is 959. The Balaban J connectivity index is 0.000000176. The number of amides is 1. The molecule has 0 spiro atoms. The standard InChI is InChI=1S/C12H14F2N2O.C9H11N3/c13-9-3-4-11(10(14)8-9)15-5-7-16-6-1-2-12(16)17;1-2-4-8-5-3-6-12-9(8)10-7-11-12/h3-4,8,15H,1-2,5-7H2;3,5-7H,2,4H2,1H3. The molecule has 3 aromatic rings. The number of aromatic nitrogens is 3. The van der Waals surface area contributed by atoms with Gasteiger partial charge >= 0.3 is 0 Å². The van der Waals surface area contributed by atoms with E-state index in [1.807, 2.05) is 16.8 Å². The number of rotatable bonds is 6. The van der Waals surface area contributed by atoms with Gasteiger partial charge < -0.3 is 10.2 Å². The predicted octanol–water partition coefficient (Wildman–Crippen LogP) is 3.68. The number of hydrogen-bond donors (Lipinski definition) is 1. The molecule has 2 aromatic heterocycles. The summed E-state index contributed by atoms with van der Waals surface area (Å²) in [6.45, 7) is 3.95. The van der Waals surface area contributed by atoms with Gasteiger partial charge in [0.25, 0.3) is 0 Å². The third-order valence-electron chi connectivity index (χ3n) is 4.70. The van der Waals surface area contributed by atoms with E-state index in [0.717, 1.165) is 37.5 Å². The molecule has 1 aliphatic rings. The molecule has 0 aliphatic carbocycles. The summed E-state index contributed by atoms with van der Waals surface area (Å²) in [6, 6.07) is 7.51. The summed E-state index contributed by atoms with van der Waals surface area (Å²) in [5.74, 6) is -1.06. The molecule has 0 bridgehead atoms. The number of halogens is 2. The van der Waals surface area contributed by atoms with Crippen molar-refractivity contribution in [3.05, 3.63) is 60.1 Å². The maximum Gasteiger partial charge on any atom is 0.222 e. The average Bonchev–Trinajstić information content (AvgIpc) is 3.34. The zero-order valence-corrected chi connectivity index (χ0v) is 16.4. The Morgan fingerprint density at radius 1 is 1.24 bits per heavy atom. The second-order valence-corrected chi connectivity index (χ2v) is 6.85. The van der Waals surface area contributed by atoms with Crippen molar-refractivity contribution in [1.29, 1.82) is 0 Å². The van der Waals surface area contributed by atoms with E-state index < -0.39 is 11.6 Å². The van der Waals surface area contributed by atoms with Crippen molar-refractivity contribution in [2.24, 2.45) is 0 Å². The van der Waals surface area contributed by atoms with Gasteiger partial charge in [0.05, 0.1) is 5.69 Å². The number of nitrogens with zero attached hydrogens (tertiary/aromatic N) is 4. The van der Waals surface area contributed by atoms with Crippen LogP contribution in [0.25, 0.3) is 5.65 Å². The maximum atomic E-state index is 13.2. The van der Waals surface area contributed by atoms with Crippen molar-refractivity contribution in [2.45, 2.75) is 32.6 Å². The van der Waals surface area contributed by atoms with Crippen LogP contribution in [0.4, 0.5) is 14.5 Å². The number of nitrogens with one attached hydrogen (secondary N) is 1. The molecule has 1 saturated heterocycles. The van der Waals surface area contributed by atoms with E-state index in [9.17, 15) is 13.6 Å². The number of benzene rings is 1. The molecular formula is C21H25F2N5O. The summed E-state index contributed by atoms with van der Waals surface area (Å²) in [5.41, 5.74) is 2.52. The first kappa shape index (κ1) is 20.7. The molecule has 1 aromatic carbocycles. The Morgan fingerprint density at radius 2 is 2.10 bits per heavy atom. The zero-order valence-electron chi connectivity index (χ0n) is 16.4. The van der Waals surface area contributed by atoms with E-state index in [4.69, 9.17) is 0 Å². The summed E-state index contributed by atoms with van der Waals surface area (Å²) in [4.78, 5) is 17.2. The number of carbonyl (C=O) groups is 1. The normalized spacial score (nSPS) is 13.5. The number of anilines is 1. The van der Waals surface area contributed by atoms with Gasteiger partial charge in [-0.1, -0.05) is 19.4 Å². The van der Waals surface area contributed by atoms with E-state index >= 15 is 0 Å². The van der Waals surface area contributed by atoms with Gasteiger partial charge in [0, 0.05) is 38.3 Å². The molecule has 0 atom stereocenters. The molecular weight excluding hydrogens is 376 g/mol. The molecule has 1 amide bonds. The van der Waals surface area contributed by atoms with E-state index in [2.05, 4.69) is 28.4 Å². The molecule has 4 rings (SSSR count). The zero-order chi connectivity index (χ0) is 20.6. The Hall–Kier alpha value is -3.03. The number of hydrogen-bond acceptors (Lipinski definition) is 4. The number of carbonyl (C=O) groups excluding carboxylic acids is 1. The monoisotopic (exact) mass is 401 g/mol. The molecule has 1 N–H and O–H groups in total. The molecule has 8 heteroatoms. The van der Waals surface area contributed by atoms with E-state index in [1.54, 1.807) is 11.2 Å². The Labute approximate surface area is 168 Å². The van der Waals surface area contributed by atoms with Crippen LogP contribution in [0.3, 0.4) is 0 Å². The van der Waals surface area contributed by atoms with Gasteiger partial charge in [-0.05, 0) is 36.6 Å². The van der Waals surface area contributed by atoms with Crippen molar-refractivity contribution in [1.82, 2.24) is 19.5 Å². The van der Waals surface area contributed by atoms with Crippen molar-refractivity contribution < 1.29 is 13.6 Å². The molecule has 0 radical (unpaired) electrons. The van der Waals surface area contributed by atoms with Crippen molar-refractivity contribution in [3.63, 3.8) is 0 Å². The molecule has 1 aliphatic heterocycles. The summed E-state index contributed by atoms with van der Waals surface area (Å²) in [5, 5.41) is 6.92. The molecule has 154 valence electrons. The summed E-state index contributed by atoms with van der Waals surface area (Å²) in [6.07, 6.45) is 7.22. The molecule has 3 heterocycles. The average molecular weight is 401 g/mol.